The number of rotatable bonds is 2. The van der Waals surface area contributed by atoms with E-state index in [-0.39, 0.29) is 0 Å². The smallest absolute Gasteiger partial charge is 0.180 e. The van der Waals surface area contributed by atoms with Crippen molar-refractivity contribution >= 4 is 39.4 Å². The van der Waals surface area contributed by atoms with E-state index in [9.17, 15) is 0 Å². The van der Waals surface area contributed by atoms with Crippen molar-refractivity contribution in [2.45, 2.75) is 0 Å². The molecule has 6 heteroatoms. The average molecular weight is 294 g/mol. The highest BCUT2D eigenvalue weighted by Crippen LogP contribution is 2.30. The Morgan fingerprint density at radius 2 is 1.61 bits per heavy atom. The molecule has 90 valence electrons. The van der Waals surface area contributed by atoms with Gasteiger partial charge in [0.05, 0.1) is 0 Å². The van der Waals surface area contributed by atoms with E-state index in [1.165, 1.54) is 11.3 Å². The molecule has 0 unspecified atom stereocenters. The second-order valence-electron chi connectivity index (χ2n) is 3.62. The molecule has 2 N–H and O–H groups in total. The predicted octanol–water partition coefficient (Wildman–Crippen LogP) is 4.17. The first-order valence-corrected chi connectivity index (χ1v) is 7.29. The van der Waals surface area contributed by atoms with Crippen molar-refractivity contribution in [3.8, 4) is 22.0 Å². The maximum atomic E-state index is 5.86. The standard InChI is InChI=1S/C12H8ClN3S2/c13-8-3-1-7(2-4-8)11-15-9(5-17-11)10-6-18-12(14)16-10/h1-6H,(H2,14,16). The quantitative estimate of drug-likeness (QED) is 0.771. The van der Waals surface area contributed by atoms with Gasteiger partial charge in [0.15, 0.2) is 5.13 Å². The van der Waals surface area contributed by atoms with Gasteiger partial charge in [0.2, 0.25) is 0 Å². The summed E-state index contributed by atoms with van der Waals surface area (Å²) >= 11 is 8.87. The van der Waals surface area contributed by atoms with E-state index < -0.39 is 0 Å². The van der Waals surface area contributed by atoms with E-state index in [0.717, 1.165) is 27.0 Å². The fourth-order valence-electron chi connectivity index (χ4n) is 1.52. The van der Waals surface area contributed by atoms with E-state index in [2.05, 4.69) is 9.97 Å². The Kier molecular flexibility index (Phi) is 3.03. The summed E-state index contributed by atoms with van der Waals surface area (Å²) in [5, 5.41) is 6.14. The first-order valence-electron chi connectivity index (χ1n) is 5.15. The van der Waals surface area contributed by atoms with Gasteiger partial charge in [-0.2, -0.15) is 0 Å². The number of thiazole rings is 2. The lowest BCUT2D eigenvalue weighted by Gasteiger charge is -1.95. The van der Waals surface area contributed by atoms with E-state index in [0.29, 0.717) is 5.13 Å². The van der Waals surface area contributed by atoms with Crippen LogP contribution < -0.4 is 5.73 Å². The summed E-state index contributed by atoms with van der Waals surface area (Å²) in [6, 6.07) is 7.64. The molecule has 18 heavy (non-hydrogen) atoms. The summed E-state index contributed by atoms with van der Waals surface area (Å²) in [7, 11) is 0. The number of nitrogen functional groups attached to an aromatic ring is 1. The summed E-state index contributed by atoms with van der Waals surface area (Å²) in [6.45, 7) is 0. The highest BCUT2D eigenvalue weighted by Gasteiger charge is 2.09. The van der Waals surface area contributed by atoms with Crippen LogP contribution in [0.5, 0.6) is 0 Å². The molecular weight excluding hydrogens is 286 g/mol. The molecule has 3 nitrogen and oxygen atoms in total. The van der Waals surface area contributed by atoms with Crippen LogP contribution in [0, 0.1) is 0 Å². The molecule has 0 saturated heterocycles. The third-order valence-corrected chi connectivity index (χ3v) is 4.20. The van der Waals surface area contributed by atoms with Crippen LogP contribution in [0.1, 0.15) is 0 Å². The summed E-state index contributed by atoms with van der Waals surface area (Å²) in [5.41, 5.74) is 8.36. The summed E-state index contributed by atoms with van der Waals surface area (Å²) in [4.78, 5) is 8.78. The number of hydrogen-bond acceptors (Lipinski definition) is 5. The maximum Gasteiger partial charge on any atom is 0.180 e. The lowest BCUT2D eigenvalue weighted by molar-refractivity contribution is 1.33. The Hall–Kier alpha value is -1.43. The molecular formula is C12H8ClN3S2. The zero-order valence-corrected chi connectivity index (χ0v) is 11.5. The van der Waals surface area contributed by atoms with Crippen LogP contribution in [0.3, 0.4) is 0 Å². The van der Waals surface area contributed by atoms with E-state index in [1.807, 2.05) is 35.0 Å². The number of hydrogen-bond donors (Lipinski definition) is 1. The van der Waals surface area contributed by atoms with Crippen LogP contribution in [-0.2, 0) is 0 Å². The Labute approximate surface area is 117 Å². The van der Waals surface area contributed by atoms with Crippen molar-refractivity contribution in [3.63, 3.8) is 0 Å². The van der Waals surface area contributed by atoms with Gasteiger partial charge in [-0.3, -0.25) is 0 Å². The van der Waals surface area contributed by atoms with Crippen molar-refractivity contribution in [3.05, 3.63) is 40.0 Å². The number of aromatic nitrogens is 2. The van der Waals surface area contributed by atoms with Crippen molar-refractivity contribution in [1.29, 1.82) is 0 Å². The fraction of sp³-hybridized carbons (Fsp3) is 0. The molecule has 0 aliphatic heterocycles. The first kappa shape index (κ1) is 11.6. The highest BCUT2D eigenvalue weighted by molar-refractivity contribution is 7.14. The van der Waals surface area contributed by atoms with E-state index >= 15 is 0 Å². The van der Waals surface area contributed by atoms with Gasteiger partial charge in [-0.1, -0.05) is 23.7 Å². The Morgan fingerprint density at radius 1 is 0.944 bits per heavy atom. The molecule has 0 spiro atoms. The van der Waals surface area contributed by atoms with Gasteiger partial charge < -0.3 is 5.73 Å². The van der Waals surface area contributed by atoms with Crippen molar-refractivity contribution in [1.82, 2.24) is 9.97 Å². The number of halogens is 1. The van der Waals surface area contributed by atoms with Crippen LogP contribution in [-0.4, -0.2) is 9.97 Å². The minimum absolute atomic E-state index is 0.561. The van der Waals surface area contributed by atoms with Crippen LogP contribution in [0.4, 0.5) is 5.13 Å². The Bertz CT molecular complexity index is 673. The number of nitrogens with two attached hydrogens (primary N) is 1. The molecule has 0 atom stereocenters. The normalized spacial score (nSPS) is 10.7. The fourth-order valence-corrected chi connectivity index (χ4v) is 3.02. The number of benzene rings is 1. The minimum Gasteiger partial charge on any atom is -0.375 e. The van der Waals surface area contributed by atoms with Crippen molar-refractivity contribution < 1.29 is 0 Å². The second-order valence-corrected chi connectivity index (χ2v) is 5.80. The Balaban J connectivity index is 1.96. The van der Waals surface area contributed by atoms with Gasteiger partial charge >= 0.3 is 0 Å². The van der Waals surface area contributed by atoms with Gasteiger partial charge in [0.1, 0.15) is 16.4 Å². The molecule has 2 heterocycles. The van der Waals surface area contributed by atoms with Gasteiger partial charge in [0.25, 0.3) is 0 Å². The molecule has 0 aliphatic carbocycles. The summed E-state index contributed by atoms with van der Waals surface area (Å²) in [5.74, 6) is 0. The molecule has 0 radical (unpaired) electrons. The third-order valence-electron chi connectivity index (χ3n) is 2.38. The second kappa shape index (κ2) is 4.68. The van der Waals surface area contributed by atoms with E-state index in [4.69, 9.17) is 17.3 Å². The van der Waals surface area contributed by atoms with Crippen LogP contribution >= 0.6 is 34.3 Å². The van der Waals surface area contributed by atoms with E-state index in [1.54, 1.807) is 11.3 Å². The molecule has 0 saturated carbocycles. The van der Waals surface area contributed by atoms with Gasteiger partial charge in [0, 0.05) is 21.3 Å². The lowest BCUT2D eigenvalue weighted by atomic mass is 10.2. The van der Waals surface area contributed by atoms with Crippen molar-refractivity contribution in [2.24, 2.45) is 0 Å². The lowest BCUT2D eigenvalue weighted by Crippen LogP contribution is -1.83. The molecule has 1 aromatic carbocycles. The highest BCUT2D eigenvalue weighted by atomic mass is 35.5. The SMILES string of the molecule is Nc1nc(-c2csc(-c3ccc(Cl)cc3)n2)cs1. The maximum absolute atomic E-state index is 5.86. The number of anilines is 1. The third kappa shape index (κ3) is 2.25. The van der Waals surface area contributed by atoms with Gasteiger partial charge in [-0.15, -0.1) is 22.7 Å². The Morgan fingerprint density at radius 3 is 2.28 bits per heavy atom. The molecule has 0 fully saturated rings. The van der Waals surface area contributed by atoms with Crippen molar-refractivity contribution in [2.75, 3.05) is 5.73 Å². The molecule has 3 aromatic rings. The molecule has 3 rings (SSSR count). The summed E-state index contributed by atoms with van der Waals surface area (Å²) in [6.07, 6.45) is 0. The molecule has 0 amide bonds. The zero-order chi connectivity index (χ0) is 12.5. The first-order chi connectivity index (χ1) is 8.72. The topological polar surface area (TPSA) is 51.8 Å². The van der Waals surface area contributed by atoms with Gasteiger partial charge in [-0.25, -0.2) is 9.97 Å². The molecule has 0 aliphatic rings. The zero-order valence-electron chi connectivity index (χ0n) is 9.13. The average Bonchev–Trinajstić information content (AvgIpc) is 2.98. The predicted molar refractivity (Wildman–Crippen MR) is 78.1 cm³/mol. The van der Waals surface area contributed by atoms with Crippen LogP contribution in [0.25, 0.3) is 22.0 Å². The monoisotopic (exact) mass is 293 g/mol. The van der Waals surface area contributed by atoms with Gasteiger partial charge in [-0.05, 0) is 12.1 Å². The largest absolute Gasteiger partial charge is 0.375 e. The molecule has 2 aromatic heterocycles. The number of nitrogens with zero attached hydrogens (tertiary/aromatic N) is 2. The summed E-state index contributed by atoms with van der Waals surface area (Å²) < 4.78 is 0. The minimum atomic E-state index is 0.561. The van der Waals surface area contributed by atoms with Crippen LogP contribution in [0.15, 0.2) is 35.0 Å². The molecule has 0 bridgehead atoms. The van der Waals surface area contributed by atoms with Crippen LogP contribution in [0.2, 0.25) is 5.02 Å².